The van der Waals surface area contributed by atoms with Crippen LogP contribution in [0.1, 0.15) is 24.1 Å². The maximum atomic E-state index is 12.8. The zero-order chi connectivity index (χ0) is 23.2. The van der Waals surface area contributed by atoms with Crippen molar-refractivity contribution in [1.29, 1.82) is 0 Å². The molecule has 1 fully saturated rings. The van der Waals surface area contributed by atoms with Gasteiger partial charge in [-0.05, 0) is 56.8 Å². The molecule has 1 aromatic heterocycles. The summed E-state index contributed by atoms with van der Waals surface area (Å²) in [7, 11) is 5.29. The maximum absolute atomic E-state index is 12.8. The van der Waals surface area contributed by atoms with Gasteiger partial charge >= 0.3 is 6.03 Å². The number of anilines is 1. The van der Waals surface area contributed by atoms with Crippen molar-refractivity contribution < 1.29 is 14.3 Å². The van der Waals surface area contributed by atoms with Crippen LogP contribution in [-0.2, 0) is 0 Å². The number of carbonyl (C=O) groups is 1. The van der Waals surface area contributed by atoms with Gasteiger partial charge in [0, 0.05) is 17.5 Å². The predicted molar refractivity (Wildman–Crippen MR) is 133 cm³/mol. The molecule has 0 unspecified atom stereocenters. The highest BCUT2D eigenvalue weighted by Gasteiger charge is 2.19. The third kappa shape index (κ3) is 5.62. The minimum Gasteiger partial charge on any atom is -0.493 e. The minimum absolute atomic E-state index is 0.168. The number of hydrogen-bond donors (Lipinski definition) is 2. The lowest BCUT2D eigenvalue weighted by molar-refractivity contribution is 0.221. The van der Waals surface area contributed by atoms with E-state index in [1.54, 1.807) is 14.2 Å². The van der Waals surface area contributed by atoms with Crippen molar-refractivity contribution >= 4 is 34.8 Å². The summed E-state index contributed by atoms with van der Waals surface area (Å²) in [6.07, 6.45) is 5.82. The highest BCUT2D eigenvalue weighted by molar-refractivity contribution is 6.02. The Kier molecular flexibility index (Phi) is 7.10. The van der Waals surface area contributed by atoms with Gasteiger partial charge in [-0.3, -0.25) is 0 Å². The summed E-state index contributed by atoms with van der Waals surface area (Å²) in [5.41, 5.74) is 3.17. The smallest absolute Gasteiger partial charge is 0.319 e. The molecule has 0 bridgehead atoms. The Hall–Kier alpha value is -3.58. The quantitative estimate of drug-likeness (QED) is 0.577. The Morgan fingerprint density at radius 2 is 1.73 bits per heavy atom. The van der Waals surface area contributed by atoms with Crippen molar-refractivity contribution in [3.8, 4) is 11.5 Å². The number of aromatic nitrogens is 1. The molecule has 7 nitrogen and oxygen atoms in total. The second kappa shape index (κ2) is 10.4. The minimum atomic E-state index is -0.218. The molecule has 4 rings (SSSR count). The summed E-state index contributed by atoms with van der Waals surface area (Å²) < 4.78 is 10.9. The fourth-order valence-corrected chi connectivity index (χ4v) is 4.00. The van der Waals surface area contributed by atoms with Crippen LogP contribution in [0.5, 0.6) is 11.5 Å². The number of urea groups is 1. The first-order valence-corrected chi connectivity index (χ1v) is 11.1. The Bertz CT molecular complexity index is 1140. The number of benzene rings is 2. The first kappa shape index (κ1) is 22.6. The molecule has 0 aliphatic carbocycles. The van der Waals surface area contributed by atoms with Crippen LogP contribution < -0.4 is 20.1 Å². The lowest BCUT2D eigenvalue weighted by Gasteiger charge is -2.29. The number of piperidine rings is 1. The van der Waals surface area contributed by atoms with Gasteiger partial charge in [0.15, 0.2) is 11.5 Å². The molecule has 3 aromatic rings. The summed E-state index contributed by atoms with van der Waals surface area (Å²) in [6, 6.07) is 15.5. The van der Waals surface area contributed by atoms with E-state index in [0.717, 1.165) is 42.6 Å². The van der Waals surface area contributed by atoms with E-state index in [0.29, 0.717) is 22.7 Å². The number of likely N-dealkylation sites (tertiary alicyclic amines) is 1. The zero-order valence-corrected chi connectivity index (χ0v) is 19.3. The predicted octanol–water partition coefficient (Wildman–Crippen LogP) is 4.64. The highest BCUT2D eigenvalue weighted by atomic mass is 16.5. The van der Waals surface area contributed by atoms with Crippen LogP contribution in [0, 0.1) is 0 Å². The van der Waals surface area contributed by atoms with Gasteiger partial charge in [-0.25, -0.2) is 9.78 Å². The molecular formula is C26H30N4O3. The van der Waals surface area contributed by atoms with Crippen LogP contribution in [0.2, 0.25) is 0 Å². The second-order valence-corrected chi connectivity index (χ2v) is 8.24. The van der Waals surface area contributed by atoms with Crippen molar-refractivity contribution in [3.63, 3.8) is 0 Å². The fourth-order valence-electron chi connectivity index (χ4n) is 4.00. The van der Waals surface area contributed by atoms with Crippen molar-refractivity contribution in [2.75, 3.05) is 39.7 Å². The molecular weight excluding hydrogens is 416 g/mol. The molecule has 2 amide bonds. The number of hydrogen-bond acceptors (Lipinski definition) is 5. The van der Waals surface area contributed by atoms with Gasteiger partial charge in [0.05, 0.1) is 31.1 Å². The highest BCUT2D eigenvalue weighted by Crippen LogP contribution is 2.35. The average molecular weight is 447 g/mol. The van der Waals surface area contributed by atoms with Gasteiger partial charge in [-0.1, -0.05) is 36.4 Å². The van der Waals surface area contributed by atoms with Crippen LogP contribution in [0.25, 0.3) is 23.1 Å². The van der Waals surface area contributed by atoms with Crippen LogP contribution >= 0.6 is 0 Å². The molecule has 7 heteroatoms. The number of ether oxygens (including phenoxy) is 2. The topological polar surface area (TPSA) is 75.7 Å². The van der Waals surface area contributed by atoms with Crippen molar-refractivity contribution in [2.24, 2.45) is 0 Å². The van der Waals surface area contributed by atoms with Crippen LogP contribution in [0.4, 0.5) is 10.5 Å². The van der Waals surface area contributed by atoms with E-state index < -0.39 is 0 Å². The number of pyridine rings is 1. The monoisotopic (exact) mass is 446 g/mol. The van der Waals surface area contributed by atoms with Crippen molar-refractivity contribution in [2.45, 2.75) is 18.9 Å². The molecule has 1 aliphatic rings. The number of rotatable bonds is 6. The first-order valence-electron chi connectivity index (χ1n) is 11.1. The van der Waals surface area contributed by atoms with Crippen LogP contribution in [0.3, 0.4) is 0 Å². The Morgan fingerprint density at radius 1 is 1.03 bits per heavy atom. The van der Waals surface area contributed by atoms with Crippen molar-refractivity contribution in [3.05, 3.63) is 59.8 Å². The SMILES string of the molecule is COc1cc2nc(/C=C/c3ccccc3)cc(NC(=O)NC3CCN(C)CC3)c2cc1OC. The van der Waals surface area contributed by atoms with Gasteiger partial charge < -0.3 is 25.0 Å². The summed E-state index contributed by atoms with van der Waals surface area (Å²) in [5, 5.41) is 6.93. The first-order chi connectivity index (χ1) is 16.1. The van der Waals surface area contributed by atoms with Gasteiger partial charge in [-0.15, -0.1) is 0 Å². The van der Waals surface area contributed by atoms with Crippen LogP contribution in [0.15, 0.2) is 48.5 Å². The van der Waals surface area contributed by atoms with Crippen molar-refractivity contribution in [1.82, 2.24) is 15.2 Å². The number of carbonyl (C=O) groups excluding carboxylic acids is 1. The van der Waals surface area contributed by atoms with Gasteiger partial charge in [0.25, 0.3) is 0 Å². The average Bonchev–Trinajstić information content (AvgIpc) is 2.84. The maximum Gasteiger partial charge on any atom is 0.319 e. The Morgan fingerprint density at radius 3 is 2.42 bits per heavy atom. The molecule has 0 spiro atoms. The number of nitrogens with zero attached hydrogens (tertiary/aromatic N) is 2. The van der Waals surface area contributed by atoms with E-state index in [-0.39, 0.29) is 12.1 Å². The van der Waals surface area contributed by atoms with E-state index in [2.05, 4.69) is 22.6 Å². The van der Waals surface area contributed by atoms with E-state index in [4.69, 9.17) is 14.5 Å². The summed E-state index contributed by atoms with van der Waals surface area (Å²) in [4.78, 5) is 19.9. The molecule has 2 heterocycles. The number of methoxy groups -OCH3 is 2. The fraction of sp³-hybridized carbons (Fsp3) is 0.308. The molecule has 33 heavy (non-hydrogen) atoms. The summed E-state index contributed by atoms with van der Waals surface area (Å²) in [5.74, 6) is 1.17. The third-order valence-corrected chi connectivity index (χ3v) is 5.88. The molecule has 2 N–H and O–H groups in total. The van der Waals surface area contributed by atoms with E-state index in [1.807, 2.05) is 60.7 Å². The zero-order valence-electron chi connectivity index (χ0n) is 19.3. The Labute approximate surface area is 194 Å². The summed E-state index contributed by atoms with van der Waals surface area (Å²) >= 11 is 0. The standard InChI is InChI=1S/C26H30N4O3/c1-30-13-11-19(12-14-30)28-26(31)29-22-15-20(10-9-18-7-5-4-6-8-18)27-23-17-25(33-3)24(32-2)16-21(22)23/h4-10,15-17,19H,11-14H2,1-3H3,(H2,27,28,29,31)/b10-9+. The molecule has 1 saturated heterocycles. The molecule has 1 aliphatic heterocycles. The van der Waals surface area contributed by atoms with Gasteiger partial charge in [0.1, 0.15) is 0 Å². The normalized spacial score (nSPS) is 15.0. The van der Waals surface area contributed by atoms with Gasteiger partial charge in [0.2, 0.25) is 0 Å². The molecule has 0 atom stereocenters. The largest absolute Gasteiger partial charge is 0.493 e. The van der Waals surface area contributed by atoms with E-state index in [1.165, 1.54) is 0 Å². The number of fused-ring (bicyclic) bond motifs is 1. The lowest BCUT2D eigenvalue weighted by Crippen LogP contribution is -2.44. The van der Waals surface area contributed by atoms with Gasteiger partial charge in [-0.2, -0.15) is 0 Å². The molecule has 2 aromatic carbocycles. The molecule has 172 valence electrons. The third-order valence-electron chi connectivity index (χ3n) is 5.88. The number of nitrogens with one attached hydrogen (secondary N) is 2. The molecule has 0 radical (unpaired) electrons. The van der Waals surface area contributed by atoms with E-state index >= 15 is 0 Å². The van der Waals surface area contributed by atoms with Crippen LogP contribution in [-0.4, -0.2) is 56.3 Å². The lowest BCUT2D eigenvalue weighted by atomic mass is 10.1. The second-order valence-electron chi connectivity index (χ2n) is 8.24. The van der Waals surface area contributed by atoms with E-state index in [9.17, 15) is 4.79 Å². The number of amides is 2. The Balaban J connectivity index is 1.65. The summed E-state index contributed by atoms with van der Waals surface area (Å²) in [6.45, 7) is 1.96. The molecule has 0 saturated carbocycles.